The van der Waals surface area contributed by atoms with Gasteiger partial charge < -0.3 is 10.1 Å². The van der Waals surface area contributed by atoms with Crippen LogP contribution in [0.1, 0.15) is 0 Å². The van der Waals surface area contributed by atoms with Gasteiger partial charge in [-0.3, -0.25) is 0 Å². The lowest BCUT2D eigenvalue weighted by molar-refractivity contribution is 0.415. The number of rotatable bonds is 5. The zero-order valence-corrected chi connectivity index (χ0v) is 10.9. The maximum Gasteiger partial charge on any atom is 0.133 e. The van der Waals surface area contributed by atoms with E-state index in [0.29, 0.717) is 0 Å². The van der Waals surface area contributed by atoms with Crippen molar-refractivity contribution in [2.75, 3.05) is 31.0 Å². The number of methoxy groups -OCH3 is 1. The van der Waals surface area contributed by atoms with Crippen molar-refractivity contribution >= 4 is 28.4 Å². The second-order valence-electron chi connectivity index (χ2n) is 3.67. The van der Waals surface area contributed by atoms with Crippen LogP contribution in [0.15, 0.2) is 30.5 Å². The highest BCUT2D eigenvalue weighted by atomic mass is 32.2. The number of hydrogen-bond donors (Lipinski definition) is 1. The van der Waals surface area contributed by atoms with Crippen LogP contribution in [0.2, 0.25) is 0 Å². The predicted octanol–water partition coefficient (Wildman–Crippen LogP) is 3.02. The van der Waals surface area contributed by atoms with Gasteiger partial charge in [0.05, 0.1) is 7.11 Å². The summed E-state index contributed by atoms with van der Waals surface area (Å²) in [6.07, 6.45) is 3.93. The minimum Gasteiger partial charge on any atom is -0.497 e. The van der Waals surface area contributed by atoms with Crippen LogP contribution in [0.5, 0.6) is 5.75 Å². The third-order valence-electron chi connectivity index (χ3n) is 2.57. The summed E-state index contributed by atoms with van der Waals surface area (Å²) in [5, 5.41) is 5.63. The first kappa shape index (κ1) is 12.0. The fourth-order valence-electron chi connectivity index (χ4n) is 1.69. The van der Waals surface area contributed by atoms with E-state index in [9.17, 15) is 0 Å². The summed E-state index contributed by atoms with van der Waals surface area (Å²) in [4.78, 5) is 4.38. The molecular weight excluding hydrogens is 232 g/mol. The number of pyridine rings is 1. The van der Waals surface area contributed by atoms with Crippen molar-refractivity contribution in [1.29, 1.82) is 0 Å². The van der Waals surface area contributed by atoms with E-state index >= 15 is 0 Å². The molecule has 2 aromatic rings. The number of ether oxygens (including phenoxy) is 1. The highest BCUT2D eigenvalue weighted by molar-refractivity contribution is 7.98. The molecule has 0 amide bonds. The van der Waals surface area contributed by atoms with Crippen LogP contribution in [0, 0.1) is 0 Å². The smallest absolute Gasteiger partial charge is 0.133 e. The van der Waals surface area contributed by atoms with Gasteiger partial charge in [0, 0.05) is 23.9 Å². The molecular formula is C13H16N2OS. The van der Waals surface area contributed by atoms with E-state index in [0.717, 1.165) is 29.3 Å². The van der Waals surface area contributed by atoms with E-state index in [-0.39, 0.29) is 0 Å². The van der Waals surface area contributed by atoms with Crippen molar-refractivity contribution in [3.63, 3.8) is 0 Å². The molecule has 0 atom stereocenters. The van der Waals surface area contributed by atoms with Gasteiger partial charge in [0.1, 0.15) is 11.6 Å². The van der Waals surface area contributed by atoms with Gasteiger partial charge in [-0.25, -0.2) is 4.98 Å². The van der Waals surface area contributed by atoms with Crippen molar-refractivity contribution in [3.05, 3.63) is 30.5 Å². The van der Waals surface area contributed by atoms with E-state index in [1.807, 2.05) is 36.2 Å². The molecule has 0 radical (unpaired) electrons. The number of nitrogens with one attached hydrogen (secondary N) is 1. The van der Waals surface area contributed by atoms with Crippen LogP contribution in [0.25, 0.3) is 10.8 Å². The average molecular weight is 248 g/mol. The summed E-state index contributed by atoms with van der Waals surface area (Å²) in [5.74, 6) is 2.86. The molecule has 2 rings (SSSR count). The minimum atomic E-state index is 0.860. The second kappa shape index (κ2) is 5.77. The Balaban J connectivity index is 2.33. The number of thioether (sulfide) groups is 1. The molecule has 0 fully saturated rings. The van der Waals surface area contributed by atoms with Gasteiger partial charge in [0.2, 0.25) is 0 Å². The Morgan fingerprint density at radius 2 is 2.24 bits per heavy atom. The Labute approximate surface area is 106 Å². The van der Waals surface area contributed by atoms with Gasteiger partial charge in [-0.2, -0.15) is 11.8 Å². The van der Waals surface area contributed by atoms with E-state index < -0.39 is 0 Å². The highest BCUT2D eigenvalue weighted by Crippen LogP contribution is 2.25. The molecule has 0 bridgehead atoms. The standard InChI is InChI=1S/C13H16N2OS/c1-16-11-4-3-10-5-6-14-13(12(10)9-11)15-7-8-17-2/h3-6,9H,7-8H2,1-2H3,(H,14,15). The van der Waals surface area contributed by atoms with Gasteiger partial charge in [0.15, 0.2) is 0 Å². The maximum atomic E-state index is 5.24. The van der Waals surface area contributed by atoms with Gasteiger partial charge >= 0.3 is 0 Å². The molecule has 0 spiro atoms. The first-order valence-electron chi connectivity index (χ1n) is 5.50. The van der Waals surface area contributed by atoms with Crippen LogP contribution in [0.3, 0.4) is 0 Å². The number of anilines is 1. The molecule has 0 unspecified atom stereocenters. The zero-order valence-electron chi connectivity index (χ0n) is 10.1. The molecule has 0 aliphatic carbocycles. The largest absolute Gasteiger partial charge is 0.497 e. The maximum absolute atomic E-state index is 5.24. The summed E-state index contributed by atoms with van der Waals surface area (Å²) in [6.45, 7) is 0.921. The lowest BCUT2D eigenvalue weighted by Gasteiger charge is -2.09. The average Bonchev–Trinajstić information content (AvgIpc) is 2.39. The zero-order chi connectivity index (χ0) is 12.1. The molecule has 0 saturated carbocycles. The third kappa shape index (κ3) is 2.82. The SMILES string of the molecule is COc1ccc2ccnc(NCCSC)c2c1. The Morgan fingerprint density at radius 1 is 1.35 bits per heavy atom. The predicted molar refractivity (Wildman–Crippen MR) is 75.2 cm³/mol. The summed E-state index contributed by atoms with van der Waals surface area (Å²) >= 11 is 1.82. The Hall–Kier alpha value is -1.42. The summed E-state index contributed by atoms with van der Waals surface area (Å²) in [7, 11) is 1.68. The van der Waals surface area contributed by atoms with Crippen LogP contribution < -0.4 is 10.1 Å². The second-order valence-corrected chi connectivity index (χ2v) is 4.65. The molecule has 1 aromatic carbocycles. The first-order valence-corrected chi connectivity index (χ1v) is 6.90. The number of aromatic nitrogens is 1. The molecule has 1 N–H and O–H groups in total. The van der Waals surface area contributed by atoms with Crippen molar-refractivity contribution in [2.45, 2.75) is 0 Å². The molecule has 1 aromatic heterocycles. The van der Waals surface area contributed by atoms with Gasteiger partial charge in [0.25, 0.3) is 0 Å². The summed E-state index contributed by atoms with van der Waals surface area (Å²) in [5.41, 5.74) is 0. The highest BCUT2D eigenvalue weighted by Gasteiger charge is 2.03. The van der Waals surface area contributed by atoms with Crippen molar-refractivity contribution in [1.82, 2.24) is 4.98 Å². The molecule has 17 heavy (non-hydrogen) atoms. The Morgan fingerprint density at radius 3 is 3.00 bits per heavy atom. The van der Waals surface area contributed by atoms with Gasteiger partial charge in [-0.15, -0.1) is 0 Å². The fraction of sp³-hybridized carbons (Fsp3) is 0.308. The minimum absolute atomic E-state index is 0.860. The van der Waals surface area contributed by atoms with E-state index in [1.54, 1.807) is 7.11 Å². The van der Waals surface area contributed by atoms with Gasteiger partial charge in [-0.1, -0.05) is 6.07 Å². The molecule has 0 saturated heterocycles. The molecule has 4 heteroatoms. The molecule has 1 heterocycles. The van der Waals surface area contributed by atoms with Gasteiger partial charge in [-0.05, 0) is 29.8 Å². The molecule has 0 aliphatic heterocycles. The quantitative estimate of drug-likeness (QED) is 0.825. The number of fused-ring (bicyclic) bond motifs is 1. The Kier molecular flexibility index (Phi) is 4.09. The lowest BCUT2D eigenvalue weighted by atomic mass is 10.1. The third-order valence-corrected chi connectivity index (χ3v) is 3.18. The molecule has 90 valence electrons. The Bertz CT molecular complexity index is 502. The van der Waals surface area contributed by atoms with Crippen LogP contribution in [-0.2, 0) is 0 Å². The van der Waals surface area contributed by atoms with Crippen molar-refractivity contribution in [3.8, 4) is 5.75 Å². The van der Waals surface area contributed by atoms with E-state index in [2.05, 4.69) is 22.6 Å². The number of nitrogens with zero attached hydrogens (tertiary/aromatic N) is 1. The summed E-state index contributed by atoms with van der Waals surface area (Å²) in [6, 6.07) is 8.04. The summed E-state index contributed by atoms with van der Waals surface area (Å²) < 4.78 is 5.24. The van der Waals surface area contributed by atoms with Crippen LogP contribution in [0.4, 0.5) is 5.82 Å². The van der Waals surface area contributed by atoms with Crippen LogP contribution >= 0.6 is 11.8 Å². The van der Waals surface area contributed by atoms with Crippen molar-refractivity contribution < 1.29 is 4.74 Å². The first-order chi connectivity index (χ1) is 8.35. The van der Waals surface area contributed by atoms with Crippen molar-refractivity contribution in [2.24, 2.45) is 0 Å². The topological polar surface area (TPSA) is 34.1 Å². The van der Waals surface area contributed by atoms with E-state index in [1.165, 1.54) is 5.39 Å². The van der Waals surface area contributed by atoms with Crippen LogP contribution in [-0.4, -0.2) is 30.6 Å². The number of hydrogen-bond acceptors (Lipinski definition) is 4. The normalized spacial score (nSPS) is 10.5. The molecule has 3 nitrogen and oxygen atoms in total. The lowest BCUT2D eigenvalue weighted by Crippen LogP contribution is -2.05. The number of benzene rings is 1. The monoisotopic (exact) mass is 248 g/mol. The van der Waals surface area contributed by atoms with E-state index in [4.69, 9.17) is 4.74 Å². The fourth-order valence-corrected chi connectivity index (χ4v) is 1.99. The molecule has 0 aliphatic rings.